The van der Waals surface area contributed by atoms with Crippen molar-refractivity contribution in [1.29, 1.82) is 0 Å². The van der Waals surface area contributed by atoms with E-state index in [-0.39, 0.29) is 25.7 Å². The second-order valence-electron chi connectivity index (χ2n) is 29.6. The van der Waals surface area contributed by atoms with Crippen LogP contribution in [0.3, 0.4) is 0 Å². The van der Waals surface area contributed by atoms with E-state index < -0.39 is 97.5 Å². The lowest BCUT2D eigenvalue weighted by atomic mass is 9.99. The molecule has 0 aliphatic rings. The summed E-state index contributed by atoms with van der Waals surface area (Å²) in [5, 5.41) is 10.6. The van der Waals surface area contributed by atoms with Crippen molar-refractivity contribution in [2.45, 2.75) is 426 Å². The minimum Gasteiger partial charge on any atom is -0.462 e. The first-order valence-corrected chi connectivity index (χ1v) is 43.9. The van der Waals surface area contributed by atoms with Crippen molar-refractivity contribution in [2.75, 3.05) is 39.6 Å². The lowest BCUT2D eigenvalue weighted by Crippen LogP contribution is -2.30. The maximum Gasteiger partial charge on any atom is 0.472 e. The summed E-state index contributed by atoms with van der Waals surface area (Å²) in [7, 11) is -9.92. The molecule has 3 unspecified atom stereocenters. The summed E-state index contributed by atoms with van der Waals surface area (Å²) in [6.45, 7) is 12.0. The summed E-state index contributed by atoms with van der Waals surface area (Å²) in [4.78, 5) is 73.0. The Kier molecular flexibility index (Phi) is 68.1. The van der Waals surface area contributed by atoms with Gasteiger partial charge in [0.1, 0.15) is 19.3 Å². The first kappa shape index (κ1) is 96.1. The average Bonchev–Trinajstić information content (AvgIpc) is 0.936. The fourth-order valence-corrected chi connectivity index (χ4v) is 13.7. The zero-order valence-electron chi connectivity index (χ0n) is 64.3. The third-order valence-corrected chi connectivity index (χ3v) is 20.6. The largest absolute Gasteiger partial charge is 0.472 e. The van der Waals surface area contributed by atoms with Crippen molar-refractivity contribution in [3.63, 3.8) is 0 Å². The highest BCUT2D eigenvalue weighted by Gasteiger charge is 2.30. The zero-order chi connectivity index (χ0) is 72.3. The van der Waals surface area contributed by atoms with Gasteiger partial charge in [-0.25, -0.2) is 9.13 Å². The van der Waals surface area contributed by atoms with E-state index in [1.807, 2.05) is 0 Å². The Morgan fingerprint density at radius 1 is 0.296 bits per heavy atom. The van der Waals surface area contributed by atoms with Gasteiger partial charge < -0.3 is 33.8 Å². The van der Waals surface area contributed by atoms with Crippen LogP contribution in [0.4, 0.5) is 0 Å². The highest BCUT2D eigenvalue weighted by molar-refractivity contribution is 7.47. The average molecular weight is 1440 g/mol. The molecule has 0 aromatic heterocycles. The molecule has 582 valence electrons. The molecular weight excluding hydrogens is 1280 g/mol. The smallest absolute Gasteiger partial charge is 0.462 e. The van der Waals surface area contributed by atoms with Gasteiger partial charge in [-0.3, -0.25) is 37.3 Å². The van der Waals surface area contributed by atoms with Gasteiger partial charge in [0.25, 0.3) is 0 Å². The zero-order valence-corrected chi connectivity index (χ0v) is 66.0. The number of unbranched alkanes of at least 4 members (excludes halogenated alkanes) is 44. The lowest BCUT2D eigenvalue weighted by Gasteiger charge is -2.21. The summed E-state index contributed by atoms with van der Waals surface area (Å²) in [5.41, 5.74) is 0. The molecule has 0 aromatic carbocycles. The minimum absolute atomic E-state index is 0.107. The van der Waals surface area contributed by atoms with Gasteiger partial charge in [-0.05, 0) is 43.4 Å². The number of carbonyl (C=O) groups is 4. The van der Waals surface area contributed by atoms with Crippen LogP contribution in [0.5, 0.6) is 0 Å². The van der Waals surface area contributed by atoms with E-state index in [1.165, 1.54) is 218 Å². The van der Waals surface area contributed by atoms with Crippen molar-refractivity contribution in [3.05, 3.63) is 0 Å². The second kappa shape index (κ2) is 69.4. The molecule has 19 heteroatoms. The second-order valence-corrected chi connectivity index (χ2v) is 32.6. The number of rotatable bonds is 77. The summed E-state index contributed by atoms with van der Waals surface area (Å²) < 4.78 is 68.7. The third kappa shape index (κ3) is 71.1. The Balaban J connectivity index is 5.28. The normalized spacial score (nSPS) is 14.3. The molecule has 6 atom stereocenters. The summed E-state index contributed by atoms with van der Waals surface area (Å²) in [6.07, 6.45) is 56.6. The third-order valence-electron chi connectivity index (χ3n) is 18.7. The molecular formula is C79H154O17P2. The van der Waals surface area contributed by atoms with Crippen LogP contribution in [0.1, 0.15) is 408 Å². The molecule has 0 amide bonds. The van der Waals surface area contributed by atoms with Crippen LogP contribution in [0.2, 0.25) is 0 Å². The Labute approximate surface area is 600 Å². The number of hydrogen-bond acceptors (Lipinski definition) is 15. The predicted molar refractivity (Wildman–Crippen MR) is 400 cm³/mol. The maximum atomic E-state index is 13.1. The van der Waals surface area contributed by atoms with Gasteiger partial charge in [-0.15, -0.1) is 0 Å². The molecule has 0 fully saturated rings. The number of ether oxygens (including phenoxy) is 4. The molecule has 0 aliphatic carbocycles. The highest BCUT2D eigenvalue weighted by atomic mass is 31.2. The molecule has 0 saturated heterocycles. The minimum atomic E-state index is -4.96. The molecule has 17 nitrogen and oxygen atoms in total. The highest BCUT2D eigenvalue weighted by Crippen LogP contribution is 2.45. The topological polar surface area (TPSA) is 237 Å². The van der Waals surface area contributed by atoms with Crippen molar-refractivity contribution < 1.29 is 80.2 Å². The Morgan fingerprint density at radius 3 is 0.776 bits per heavy atom. The van der Waals surface area contributed by atoms with Crippen LogP contribution in [0.15, 0.2) is 0 Å². The molecule has 98 heavy (non-hydrogen) atoms. The number of hydrogen-bond donors (Lipinski definition) is 3. The molecule has 0 aliphatic heterocycles. The molecule has 0 radical (unpaired) electrons. The lowest BCUT2D eigenvalue weighted by molar-refractivity contribution is -0.161. The Hall–Kier alpha value is -1.94. The van der Waals surface area contributed by atoms with Gasteiger partial charge in [-0.2, -0.15) is 0 Å². The molecule has 0 saturated carbocycles. The van der Waals surface area contributed by atoms with E-state index in [0.717, 1.165) is 108 Å². The van der Waals surface area contributed by atoms with E-state index in [9.17, 15) is 43.2 Å². The van der Waals surface area contributed by atoms with E-state index in [0.29, 0.717) is 25.7 Å². The fourth-order valence-electron chi connectivity index (χ4n) is 12.1. The fraction of sp³-hybridized carbons (Fsp3) is 0.949. The number of aliphatic hydroxyl groups excluding tert-OH is 1. The summed E-state index contributed by atoms with van der Waals surface area (Å²) in [6, 6.07) is 0. The molecule has 0 bridgehead atoms. The Morgan fingerprint density at radius 2 is 0.520 bits per heavy atom. The van der Waals surface area contributed by atoms with Crippen LogP contribution in [-0.2, 0) is 65.4 Å². The molecule has 0 heterocycles. The Bertz CT molecular complexity index is 1910. The van der Waals surface area contributed by atoms with Crippen molar-refractivity contribution in [3.8, 4) is 0 Å². The van der Waals surface area contributed by atoms with Gasteiger partial charge in [0.15, 0.2) is 12.2 Å². The number of carbonyl (C=O) groups excluding carboxylic acids is 4. The van der Waals surface area contributed by atoms with E-state index in [1.54, 1.807) is 0 Å². The van der Waals surface area contributed by atoms with Crippen LogP contribution in [0.25, 0.3) is 0 Å². The molecule has 3 N–H and O–H groups in total. The van der Waals surface area contributed by atoms with Crippen LogP contribution < -0.4 is 0 Å². The number of aliphatic hydroxyl groups is 1. The van der Waals surface area contributed by atoms with E-state index in [4.69, 9.17) is 37.0 Å². The van der Waals surface area contributed by atoms with Gasteiger partial charge >= 0.3 is 39.5 Å². The number of esters is 4. The van der Waals surface area contributed by atoms with Gasteiger partial charge in [0.05, 0.1) is 26.4 Å². The SMILES string of the molecule is CCCCCCCCCCCCCCCC(=O)OC[C@H](COP(=O)(O)OC[C@H](O)COP(=O)(O)OC[C@@H](COC(=O)CCCCCCCCCCCCCC(C)C)OC(=O)CCCCCCCCCCCCCCCCC(C)C)OC(=O)CCCCCCCCCCCCC(C)CC. The van der Waals surface area contributed by atoms with Gasteiger partial charge in [0, 0.05) is 25.7 Å². The number of phosphoric ester groups is 2. The monoisotopic (exact) mass is 1440 g/mol. The standard InChI is InChI=1S/C79H154O17P2/c1-8-10-11-12-13-14-15-18-24-32-39-46-53-60-76(81)89-67-75(96-79(84)63-56-49-42-35-28-27-31-38-45-52-59-72(7)9-2)69-94-98(87,88)92-65-73(80)64-91-97(85,86)93-68-74(66-90-77(82)61-54-47-40-33-26-21-23-30-37-44-51-58-71(5)6)95-78(83)62-55-48-41-34-25-20-17-16-19-22-29-36-43-50-57-70(3)4/h70-75,80H,8-69H2,1-7H3,(H,85,86)(H,87,88)/t72?,73-,74-,75-/m1/s1. The number of phosphoric acid groups is 2. The van der Waals surface area contributed by atoms with Gasteiger partial charge in [-0.1, -0.05) is 357 Å². The van der Waals surface area contributed by atoms with Crippen LogP contribution in [-0.4, -0.2) is 96.7 Å². The van der Waals surface area contributed by atoms with E-state index >= 15 is 0 Å². The van der Waals surface area contributed by atoms with Crippen molar-refractivity contribution in [2.24, 2.45) is 17.8 Å². The molecule has 0 aromatic rings. The first-order chi connectivity index (χ1) is 47.3. The molecule has 0 rings (SSSR count). The van der Waals surface area contributed by atoms with E-state index in [2.05, 4.69) is 48.5 Å². The molecule has 0 spiro atoms. The maximum absolute atomic E-state index is 13.1. The quantitative estimate of drug-likeness (QED) is 0.0222. The van der Waals surface area contributed by atoms with Crippen molar-refractivity contribution in [1.82, 2.24) is 0 Å². The first-order valence-electron chi connectivity index (χ1n) is 40.9. The predicted octanol–water partition coefficient (Wildman–Crippen LogP) is 23.4. The van der Waals surface area contributed by atoms with Crippen LogP contribution in [0, 0.1) is 17.8 Å². The van der Waals surface area contributed by atoms with Gasteiger partial charge in [0.2, 0.25) is 0 Å². The van der Waals surface area contributed by atoms with Crippen LogP contribution >= 0.6 is 15.6 Å². The van der Waals surface area contributed by atoms with Crippen molar-refractivity contribution >= 4 is 39.5 Å². The summed E-state index contributed by atoms with van der Waals surface area (Å²) in [5.74, 6) is 0.258. The summed E-state index contributed by atoms with van der Waals surface area (Å²) >= 11 is 0.